The van der Waals surface area contributed by atoms with Crippen molar-refractivity contribution in [2.45, 2.75) is 86.3 Å². The van der Waals surface area contributed by atoms with Gasteiger partial charge in [0.05, 0.1) is 25.9 Å². The summed E-state index contributed by atoms with van der Waals surface area (Å²) in [6.07, 6.45) is -19.5. The molecule has 280 valence electrons. The second-order valence-electron chi connectivity index (χ2n) is 12.6. The van der Waals surface area contributed by atoms with E-state index in [1.807, 2.05) is 0 Å². The average Bonchev–Trinajstić information content (AvgIpc) is 3.39. The van der Waals surface area contributed by atoms with Crippen molar-refractivity contribution < 1.29 is 89.0 Å². The van der Waals surface area contributed by atoms with Gasteiger partial charge in [-0.3, -0.25) is 4.79 Å². The lowest BCUT2D eigenvalue weighted by molar-refractivity contribution is -0.318. The largest absolute Gasteiger partial charge is 0.508 e. The van der Waals surface area contributed by atoms with Gasteiger partial charge in [-0.05, 0) is 31.2 Å². The summed E-state index contributed by atoms with van der Waals surface area (Å²) in [5, 5.41) is 113. The highest BCUT2D eigenvalue weighted by Gasteiger charge is 2.50. The van der Waals surface area contributed by atoms with Crippen LogP contribution in [0.1, 0.15) is 6.92 Å². The summed E-state index contributed by atoms with van der Waals surface area (Å²) in [5.74, 6) is -2.01. The topological polar surface area (TPSA) is 308 Å². The van der Waals surface area contributed by atoms with Crippen molar-refractivity contribution in [2.24, 2.45) is 0 Å². The van der Waals surface area contributed by atoms with E-state index in [0.29, 0.717) is 0 Å². The monoisotopic (exact) mass is 726 g/mol. The van der Waals surface area contributed by atoms with Gasteiger partial charge in [0.1, 0.15) is 82.7 Å². The Hall–Kier alpha value is -3.67. The van der Waals surface area contributed by atoms with Gasteiger partial charge in [0.15, 0.2) is 12.1 Å². The van der Waals surface area contributed by atoms with E-state index in [0.717, 1.165) is 12.1 Å². The number of phenols is 2. The number of aliphatic hydroxyl groups is 9. The van der Waals surface area contributed by atoms with E-state index in [1.54, 1.807) is 0 Å². The first-order chi connectivity index (χ1) is 24.1. The summed E-state index contributed by atoms with van der Waals surface area (Å²) in [7, 11) is 0. The number of benzene rings is 2. The molecule has 3 aromatic rings. The number of hydrogen-bond acceptors (Lipinski definition) is 19. The molecule has 3 aliphatic rings. The number of fused-ring (bicyclic) bond motifs is 1. The molecule has 11 N–H and O–H groups in total. The van der Waals surface area contributed by atoms with Crippen molar-refractivity contribution in [2.75, 3.05) is 19.8 Å². The Morgan fingerprint density at radius 1 is 0.824 bits per heavy atom. The highest BCUT2D eigenvalue weighted by molar-refractivity contribution is 5.88. The first-order valence-corrected chi connectivity index (χ1v) is 15.7. The Balaban J connectivity index is 1.31. The van der Waals surface area contributed by atoms with Gasteiger partial charge in [0.2, 0.25) is 23.8 Å². The second-order valence-corrected chi connectivity index (χ2v) is 12.6. The smallest absolute Gasteiger partial charge is 0.239 e. The third kappa shape index (κ3) is 6.97. The zero-order valence-electron chi connectivity index (χ0n) is 26.7. The summed E-state index contributed by atoms with van der Waals surface area (Å²) in [4.78, 5) is 14.0. The van der Waals surface area contributed by atoms with E-state index >= 15 is 0 Å². The second kappa shape index (κ2) is 14.4. The number of ether oxygens (including phenoxy) is 6. The predicted octanol–water partition coefficient (Wildman–Crippen LogP) is -3.28. The van der Waals surface area contributed by atoms with Crippen molar-refractivity contribution in [3.05, 3.63) is 46.6 Å². The molecule has 19 heteroatoms. The van der Waals surface area contributed by atoms with Gasteiger partial charge >= 0.3 is 0 Å². The van der Waals surface area contributed by atoms with Crippen LogP contribution >= 0.6 is 0 Å². The highest BCUT2D eigenvalue weighted by atomic mass is 16.7. The van der Waals surface area contributed by atoms with Gasteiger partial charge in [-0.1, -0.05) is 0 Å². The molecule has 0 spiro atoms. The van der Waals surface area contributed by atoms with Gasteiger partial charge in [-0.25, -0.2) is 0 Å². The third-order valence-electron chi connectivity index (χ3n) is 9.00. The van der Waals surface area contributed by atoms with Gasteiger partial charge in [-0.2, -0.15) is 0 Å². The molecule has 0 amide bonds. The molecule has 19 nitrogen and oxygen atoms in total. The third-order valence-corrected chi connectivity index (χ3v) is 9.00. The van der Waals surface area contributed by atoms with E-state index in [2.05, 4.69) is 0 Å². The van der Waals surface area contributed by atoms with Crippen LogP contribution < -0.4 is 14.9 Å². The Labute approximate surface area is 287 Å². The maximum atomic E-state index is 14.0. The maximum Gasteiger partial charge on any atom is 0.239 e. The van der Waals surface area contributed by atoms with Gasteiger partial charge in [-0.15, -0.1) is 0 Å². The van der Waals surface area contributed by atoms with Crippen LogP contribution in [0.25, 0.3) is 22.3 Å². The zero-order valence-corrected chi connectivity index (χ0v) is 26.7. The molecule has 6 rings (SSSR count). The fourth-order valence-electron chi connectivity index (χ4n) is 5.87. The maximum absolute atomic E-state index is 14.0. The fourth-order valence-corrected chi connectivity index (χ4v) is 5.87. The molecule has 13 atom stereocenters. The van der Waals surface area contributed by atoms with Gasteiger partial charge < -0.3 is 89.0 Å². The minimum atomic E-state index is -2.01. The number of aliphatic hydroxyl groups excluding tert-OH is 8. The molecule has 0 radical (unpaired) electrons. The molecule has 2 aromatic carbocycles. The molecule has 4 heterocycles. The SMILES string of the molecule is C[C@@H]1O[C@@H](OC[C@H]2O[C@@H](Oc3c(-c4ccc(O)cc4)oc4cc(O[C@@H]5OC[C@](O)(CO)[C@H]5O)cc(O)c4c3=O)[C@H](O)[C@@H](O)[C@@H]2O)[C@H](O)[C@H](O)[C@H]1O. The van der Waals surface area contributed by atoms with Crippen LogP contribution in [0.5, 0.6) is 23.0 Å². The van der Waals surface area contributed by atoms with E-state index in [1.165, 1.54) is 31.2 Å². The number of rotatable bonds is 9. The van der Waals surface area contributed by atoms with Crippen LogP contribution in [0.15, 0.2) is 45.6 Å². The molecule has 0 bridgehead atoms. The van der Waals surface area contributed by atoms with E-state index in [-0.39, 0.29) is 28.4 Å². The quantitative estimate of drug-likeness (QED) is 0.103. The summed E-state index contributed by atoms with van der Waals surface area (Å²) >= 11 is 0. The van der Waals surface area contributed by atoms with E-state index < -0.39 is 122 Å². The summed E-state index contributed by atoms with van der Waals surface area (Å²) in [5.41, 5.74) is -3.17. The molecular formula is C32H38O19. The zero-order chi connectivity index (χ0) is 36.9. The molecule has 0 saturated carbocycles. The Morgan fingerprint density at radius 2 is 1.49 bits per heavy atom. The summed E-state index contributed by atoms with van der Waals surface area (Å²) in [6, 6.07) is 7.36. The van der Waals surface area contributed by atoms with Crippen molar-refractivity contribution in [3.8, 4) is 34.3 Å². The van der Waals surface area contributed by atoms with Gasteiger partial charge in [0, 0.05) is 17.7 Å². The molecule has 3 aliphatic heterocycles. The lowest BCUT2D eigenvalue weighted by atomic mass is 9.98. The Morgan fingerprint density at radius 3 is 2.16 bits per heavy atom. The summed E-state index contributed by atoms with van der Waals surface area (Å²) < 4.78 is 39.2. The first kappa shape index (κ1) is 37.1. The molecule has 0 aliphatic carbocycles. The fraction of sp³-hybridized carbons (Fsp3) is 0.531. The minimum Gasteiger partial charge on any atom is -0.508 e. The van der Waals surface area contributed by atoms with Crippen LogP contribution in [-0.4, -0.2) is 155 Å². The van der Waals surface area contributed by atoms with Gasteiger partial charge in [0.25, 0.3) is 0 Å². The molecule has 51 heavy (non-hydrogen) atoms. The van der Waals surface area contributed by atoms with Crippen LogP contribution in [0.3, 0.4) is 0 Å². The molecular weight excluding hydrogens is 688 g/mol. The Bertz CT molecular complexity index is 1750. The lowest BCUT2D eigenvalue weighted by Crippen LogP contribution is -2.61. The summed E-state index contributed by atoms with van der Waals surface area (Å²) in [6.45, 7) is -0.490. The number of phenolic OH excluding ortho intramolecular Hbond substituents is 2. The number of hydrogen-bond donors (Lipinski definition) is 11. The highest BCUT2D eigenvalue weighted by Crippen LogP contribution is 2.39. The van der Waals surface area contributed by atoms with Crippen molar-refractivity contribution in [3.63, 3.8) is 0 Å². The number of aromatic hydroxyl groups is 2. The van der Waals surface area contributed by atoms with E-state index in [4.69, 9.17) is 32.8 Å². The Kier molecular flexibility index (Phi) is 10.5. The molecule has 0 unspecified atom stereocenters. The molecule has 3 saturated heterocycles. The van der Waals surface area contributed by atoms with Crippen LogP contribution in [-0.2, 0) is 18.9 Å². The lowest BCUT2D eigenvalue weighted by Gasteiger charge is -2.42. The predicted molar refractivity (Wildman–Crippen MR) is 165 cm³/mol. The minimum absolute atomic E-state index is 0.138. The average molecular weight is 727 g/mol. The van der Waals surface area contributed by atoms with Crippen LogP contribution in [0.4, 0.5) is 0 Å². The standard InChI is InChI=1S/C32H38O19/c1-11-19(36)22(39)24(41)29(47-11)45-8-17-20(37)23(40)25(42)30(50-17)51-27-21(38)18-15(35)6-14(48-31-28(43)32(44,9-33)10-46-31)7-16(18)49-26(27)12-2-4-13(34)5-3-12/h2-7,11,17,19-20,22-25,28-31,33-37,39-44H,8-10H2,1H3/t11-,17+,19-,20+,22+,23-,24+,25+,28-,29+,30-,31-,32+/m0/s1. The van der Waals surface area contributed by atoms with Crippen LogP contribution in [0.2, 0.25) is 0 Å². The van der Waals surface area contributed by atoms with Crippen molar-refractivity contribution in [1.29, 1.82) is 0 Å². The van der Waals surface area contributed by atoms with Crippen molar-refractivity contribution >= 4 is 11.0 Å². The van der Waals surface area contributed by atoms with Crippen LogP contribution in [0, 0.1) is 0 Å². The normalized spacial score (nSPS) is 37.1. The first-order valence-electron chi connectivity index (χ1n) is 15.7. The van der Waals surface area contributed by atoms with E-state index in [9.17, 15) is 61.0 Å². The van der Waals surface area contributed by atoms with Crippen molar-refractivity contribution in [1.82, 2.24) is 0 Å². The molecule has 3 fully saturated rings. The molecule has 1 aromatic heterocycles.